The average Bonchev–Trinajstić information content (AvgIpc) is 2.17. The van der Waals surface area contributed by atoms with Crippen molar-refractivity contribution in [3.63, 3.8) is 0 Å². The summed E-state index contributed by atoms with van der Waals surface area (Å²) >= 11 is 0. The Morgan fingerprint density at radius 3 is 2.50 bits per heavy atom. The molecule has 0 heterocycles. The highest BCUT2D eigenvalue weighted by atomic mass is 16.5. The summed E-state index contributed by atoms with van der Waals surface area (Å²) in [6.07, 6.45) is 0.826. The van der Waals surface area contributed by atoms with Crippen LogP contribution in [0.25, 0.3) is 0 Å². The van der Waals surface area contributed by atoms with Crippen molar-refractivity contribution in [3.8, 4) is 0 Å². The molecular formula is C9H18N2O3. The van der Waals surface area contributed by atoms with Crippen LogP contribution in [0.5, 0.6) is 0 Å². The molecule has 0 aliphatic rings. The first kappa shape index (κ1) is 12.9. The van der Waals surface area contributed by atoms with E-state index in [2.05, 4.69) is 10.1 Å². The maximum absolute atomic E-state index is 11.4. The van der Waals surface area contributed by atoms with Crippen LogP contribution in [0.1, 0.15) is 13.3 Å². The molecule has 82 valence electrons. The summed E-state index contributed by atoms with van der Waals surface area (Å²) in [5, 5.41) is 2.75. The van der Waals surface area contributed by atoms with Crippen molar-refractivity contribution < 1.29 is 14.3 Å². The smallest absolute Gasteiger partial charge is 0.325 e. The Morgan fingerprint density at radius 1 is 1.43 bits per heavy atom. The van der Waals surface area contributed by atoms with Crippen LogP contribution in [-0.4, -0.2) is 50.6 Å². The van der Waals surface area contributed by atoms with E-state index in [0.29, 0.717) is 6.54 Å². The summed E-state index contributed by atoms with van der Waals surface area (Å²) in [5.74, 6) is -0.470. The third-order valence-corrected chi connectivity index (χ3v) is 1.72. The standard InChI is InChI=1S/C9H18N2O3/c1-4-5-11(7-9(13)14-3)8(12)6-10-2/h10H,4-7H2,1-3H3. The lowest BCUT2D eigenvalue weighted by molar-refractivity contribution is -0.146. The first-order chi connectivity index (χ1) is 6.65. The summed E-state index contributed by atoms with van der Waals surface area (Å²) in [7, 11) is 3.01. The molecular weight excluding hydrogens is 184 g/mol. The summed E-state index contributed by atoms with van der Waals surface area (Å²) in [6.45, 7) is 2.81. The fraction of sp³-hybridized carbons (Fsp3) is 0.778. The molecule has 0 spiro atoms. The van der Waals surface area contributed by atoms with Crippen LogP contribution in [0.2, 0.25) is 0 Å². The number of hydrogen-bond donors (Lipinski definition) is 1. The molecule has 0 rings (SSSR count). The second-order valence-electron chi connectivity index (χ2n) is 2.92. The largest absolute Gasteiger partial charge is 0.468 e. The van der Waals surface area contributed by atoms with Crippen LogP contribution in [0.3, 0.4) is 0 Å². The van der Waals surface area contributed by atoms with E-state index in [1.807, 2.05) is 6.92 Å². The molecule has 0 aliphatic heterocycles. The molecule has 0 aromatic rings. The van der Waals surface area contributed by atoms with Gasteiger partial charge in [0, 0.05) is 6.54 Å². The van der Waals surface area contributed by atoms with Crippen molar-refractivity contribution in [2.75, 3.05) is 33.8 Å². The zero-order valence-corrected chi connectivity index (χ0v) is 9.00. The number of methoxy groups -OCH3 is 1. The number of carbonyl (C=O) groups excluding carboxylic acids is 2. The number of nitrogens with one attached hydrogen (secondary N) is 1. The molecule has 1 amide bonds. The van der Waals surface area contributed by atoms with Gasteiger partial charge in [-0.3, -0.25) is 9.59 Å². The molecule has 0 atom stereocenters. The highest BCUT2D eigenvalue weighted by Crippen LogP contribution is 1.93. The van der Waals surface area contributed by atoms with E-state index in [-0.39, 0.29) is 25.0 Å². The number of nitrogens with zero attached hydrogens (tertiary/aromatic N) is 1. The van der Waals surface area contributed by atoms with Crippen molar-refractivity contribution >= 4 is 11.9 Å². The van der Waals surface area contributed by atoms with Crippen molar-refractivity contribution in [2.24, 2.45) is 0 Å². The Bertz CT molecular complexity index is 194. The van der Waals surface area contributed by atoms with Crippen LogP contribution >= 0.6 is 0 Å². The lowest BCUT2D eigenvalue weighted by Crippen LogP contribution is -2.41. The molecule has 0 bridgehead atoms. The Morgan fingerprint density at radius 2 is 2.07 bits per heavy atom. The van der Waals surface area contributed by atoms with Gasteiger partial charge in [0.25, 0.3) is 0 Å². The Hall–Kier alpha value is -1.10. The SMILES string of the molecule is CCCN(CC(=O)OC)C(=O)CNC. The van der Waals surface area contributed by atoms with Gasteiger partial charge in [-0.2, -0.15) is 0 Å². The maximum atomic E-state index is 11.4. The van der Waals surface area contributed by atoms with E-state index in [1.54, 1.807) is 7.05 Å². The third kappa shape index (κ3) is 4.81. The molecule has 0 fully saturated rings. The number of esters is 1. The van der Waals surface area contributed by atoms with E-state index < -0.39 is 0 Å². The van der Waals surface area contributed by atoms with Crippen molar-refractivity contribution in [1.82, 2.24) is 10.2 Å². The zero-order chi connectivity index (χ0) is 11.0. The van der Waals surface area contributed by atoms with E-state index >= 15 is 0 Å². The predicted molar refractivity (Wildman–Crippen MR) is 52.8 cm³/mol. The summed E-state index contributed by atoms with van der Waals surface area (Å²) in [5.41, 5.74) is 0. The lowest BCUT2D eigenvalue weighted by Gasteiger charge is -2.20. The van der Waals surface area contributed by atoms with Gasteiger partial charge in [0.1, 0.15) is 6.54 Å². The van der Waals surface area contributed by atoms with Gasteiger partial charge >= 0.3 is 5.97 Å². The predicted octanol–water partition coefficient (Wildman–Crippen LogP) is -0.383. The minimum atomic E-state index is -0.386. The van der Waals surface area contributed by atoms with Crippen LogP contribution in [0.4, 0.5) is 0 Å². The molecule has 0 saturated heterocycles. The Balaban J connectivity index is 4.13. The molecule has 5 heteroatoms. The monoisotopic (exact) mass is 202 g/mol. The molecule has 1 N–H and O–H groups in total. The van der Waals surface area contributed by atoms with Crippen LogP contribution in [0, 0.1) is 0 Å². The maximum Gasteiger partial charge on any atom is 0.325 e. The number of carbonyl (C=O) groups is 2. The van der Waals surface area contributed by atoms with Gasteiger partial charge in [0.15, 0.2) is 0 Å². The van der Waals surface area contributed by atoms with Crippen LogP contribution < -0.4 is 5.32 Å². The number of rotatable bonds is 6. The number of hydrogen-bond acceptors (Lipinski definition) is 4. The highest BCUT2D eigenvalue weighted by molar-refractivity contribution is 5.83. The van der Waals surface area contributed by atoms with Gasteiger partial charge in [-0.05, 0) is 13.5 Å². The second kappa shape index (κ2) is 7.32. The van der Waals surface area contributed by atoms with Crippen LogP contribution in [-0.2, 0) is 14.3 Å². The third-order valence-electron chi connectivity index (χ3n) is 1.72. The molecule has 0 saturated carbocycles. The summed E-state index contributed by atoms with van der Waals surface area (Å²) < 4.78 is 4.50. The van der Waals surface area contributed by atoms with Crippen molar-refractivity contribution in [2.45, 2.75) is 13.3 Å². The van der Waals surface area contributed by atoms with E-state index in [0.717, 1.165) is 6.42 Å². The summed E-state index contributed by atoms with van der Waals surface area (Å²) in [6, 6.07) is 0. The Labute approximate surface area is 84.4 Å². The minimum Gasteiger partial charge on any atom is -0.468 e. The summed E-state index contributed by atoms with van der Waals surface area (Å²) in [4.78, 5) is 23.9. The van der Waals surface area contributed by atoms with Gasteiger partial charge in [-0.1, -0.05) is 6.92 Å². The molecule has 0 aromatic heterocycles. The number of ether oxygens (including phenoxy) is 1. The van der Waals surface area contributed by atoms with Gasteiger partial charge in [-0.15, -0.1) is 0 Å². The van der Waals surface area contributed by atoms with E-state index in [4.69, 9.17) is 0 Å². The number of likely N-dealkylation sites (N-methyl/N-ethyl adjacent to an activating group) is 1. The van der Waals surface area contributed by atoms with Gasteiger partial charge in [-0.25, -0.2) is 0 Å². The topological polar surface area (TPSA) is 58.6 Å². The molecule has 5 nitrogen and oxygen atoms in total. The molecule has 0 aliphatic carbocycles. The van der Waals surface area contributed by atoms with E-state index in [1.165, 1.54) is 12.0 Å². The van der Waals surface area contributed by atoms with E-state index in [9.17, 15) is 9.59 Å². The van der Waals surface area contributed by atoms with Crippen molar-refractivity contribution in [3.05, 3.63) is 0 Å². The molecule has 0 radical (unpaired) electrons. The van der Waals surface area contributed by atoms with Crippen LogP contribution in [0.15, 0.2) is 0 Å². The average molecular weight is 202 g/mol. The quantitative estimate of drug-likeness (QED) is 0.596. The van der Waals surface area contributed by atoms with Crippen molar-refractivity contribution in [1.29, 1.82) is 0 Å². The minimum absolute atomic E-state index is 0.0326. The molecule has 0 unspecified atom stereocenters. The van der Waals surface area contributed by atoms with Gasteiger partial charge < -0.3 is 15.0 Å². The molecule has 14 heavy (non-hydrogen) atoms. The molecule has 0 aromatic carbocycles. The second-order valence-corrected chi connectivity index (χ2v) is 2.92. The number of amides is 1. The van der Waals surface area contributed by atoms with Gasteiger partial charge in [0.05, 0.1) is 13.7 Å². The van der Waals surface area contributed by atoms with Gasteiger partial charge in [0.2, 0.25) is 5.91 Å². The fourth-order valence-corrected chi connectivity index (χ4v) is 1.05. The highest BCUT2D eigenvalue weighted by Gasteiger charge is 2.15. The fourth-order valence-electron chi connectivity index (χ4n) is 1.05. The first-order valence-electron chi connectivity index (χ1n) is 4.64. The Kier molecular flexibility index (Phi) is 6.74. The zero-order valence-electron chi connectivity index (χ0n) is 9.00. The normalized spacial score (nSPS) is 9.64. The lowest BCUT2D eigenvalue weighted by atomic mass is 10.3. The first-order valence-corrected chi connectivity index (χ1v) is 4.64.